The largest absolute Gasteiger partial charge is 0.505 e. The van der Waals surface area contributed by atoms with Crippen molar-refractivity contribution in [2.45, 2.75) is 0 Å². The lowest BCUT2D eigenvalue weighted by Gasteiger charge is -2.10. The van der Waals surface area contributed by atoms with E-state index in [0.29, 0.717) is 22.4 Å². The summed E-state index contributed by atoms with van der Waals surface area (Å²) < 4.78 is 5.20. The molecule has 0 aliphatic rings. The van der Waals surface area contributed by atoms with Gasteiger partial charge in [0.1, 0.15) is 11.4 Å². The van der Waals surface area contributed by atoms with E-state index in [9.17, 15) is 5.11 Å². The number of ether oxygens (including phenoxy) is 1. The predicted octanol–water partition coefficient (Wildman–Crippen LogP) is 9.13. The minimum atomic E-state index is 0.0838. The van der Waals surface area contributed by atoms with E-state index in [1.54, 1.807) is 25.3 Å². The molecular weight excluding hydrogens is 450 g/mol. The van der Waals surface area contributed by atoms with E-state index in [2.05, 4.69) is 25.8 Å². The molecule has 0 saturated heterocycles. The molecule has 0 bridgehead atoms. The molecule has 0 aromatic heterocycles. The maximum absolute atomic E-state index is 10.8. The minimum Gasteiger partial charge on any atom is -0.505 e. The molecule has 36 heavy (non-hydrogen) atoms. The van der Waals surface area contributed by atoms with Crippen LogP contribution in [0.15, 0.2) is 130 Å². The molecule has 5 rings (SSSR count). The molecule has 7 nitrogen and oxygen atoms in total. The average Bonchev–Trinajstić information content (AvgIpc) is 2.93. The Morgan fingerprint density at radius 1 is 0.611 bits per heavy atom. The molecule has 0 spiro atoms. The van der Waals surface area contributed by atoms with Gasteiger partial charge >= 0.3 is 0 Å². The van der Waals surface area contributed by atoms with Crippen molar-refractivity contribution < 1.29 is 9.84 Å². The van der Waals surface area contributed by atoms with Crippen molar-refractivity contribution in [1.82, 2.24) is 0 Å². The Balaban J connectivity index is 1.29. The number of phenols is 1. The zero-order valence-electron chi connectivity index (χ0n) is 19.5. The summed E-state index contributed by atoms with van der Waals surface area (Å²) in [5.41, 5.74) is 4.39. The Labute approximate surface area is 208 Å². The summed E-state index contributed by atoms with van der Waals surface area (Å²) in [7, 11) is 1.64. The lowest BCUT2D eigenvalue weighted by atomic mass is 10.1. The van der Waals surface area contributed by atoms with Gasteiger partial charge in [-0.3, -0.25) is 0 Å². The van der Waals surface area contributed by atoms with Crippen LogP contribution < -0.4 is 10.1 Å². The van der Waals surface area contributed by atoms with Crippen LogP contribution in [0.1, 0.15) is 0 Å². The van der Waals surface area contributed by atoms with E-state index in [1.807, 2.05) is 91.0 Å². The number of nitrogens with zero attached hydrogens (tertiary/aromatic N) is 4. The highest BCUT2D eigenvalue weighted by Gasteiger charge is 2.07. The van der Waals surface area contributed by atoms with Crippen LogP contribution in [0, 0.1) is 0 Å². The summed E-state index contributed by atoms with van der Waals surface area (Å²) in [6, 6.07) is 33.9. The van der Waals surface area contributed by atoms with Crippen LogP contribution in [-0.2, 0) is 0 Å². The van der Waals surface area contributed by atoms with Crippen molar-refractivity contribution in [2.75, 3.05) is 12.4 Å². The zero-order valence-corrected chi connectivity index (χ0v) is 19.5. The number of benzene rings is 5. The highest BCUT2D eigenvalue weighted by atomic mass is 16.5. The van der Waals surface area contributed by atoms with Crippen LogP contribution in [0.4, 0.5) is 34.1 Å². The average molecular weight is 474 g/mol. The Kier molecular flexibility index (Phi) is 6.62. The van der Waals surface area contributed by atoms with Crippen molar-refractivity contribution >= 4 is 44.9 Å². The summed E-state index contributed by atoms with van der Waals surface area (Å²) in [5, 5.41) is 32.7. The quantitative estimate of drug-likeness (QED) is 0.231. The second-order valence-corrected chi connectivity index (χ2v) is 7.97. The Morgan fingerprint density at radius 2 is 1.22 bits per heavy atom. The summed E-state index contributed by atoms with van der Waals surface area (Å²) in [5.74, 6) is 0.885. The van der Waals surface area contributed by atoms with E-state index < -0.39 is 0 Å². The van der Waals surface area contributed by atoms with Gasteiger partial charge in [0.2, 0.25) is 0 Å². The van der Waals surface area contributed by atoms with Gasteiger partial charge in [0.05, 0.1) is 24.2 Å². The normalized spacial score (nSPS) is 11.4. The smallest absolute Gasteiger partial charge is 0.150 e. The Hall–Kier alpha value is -5.04. The molecule has 0 aliphatic carbocycles. The fraction of sp³-hybridized carbons (Fsp3) is 0.0345. The standard InChI is InChI=1S/C29H23N5O2/c1-36-26-15-12-21(13-16-26)30-25-14-17-27-20(19-25)7-18-28(29(27)35)34-33-24-10-8-23(9-11-24)32-31-22-5-3-2-4-6-22/h2-19,30,35H,1H3. The van der Waals surface area contributed by atoms with Gasteiger partial charge in [0.15, 0.2) is 5.75 Å². The first-order valence-electron chi connectivity index (χ1n) is 11.3. The molecule has 0 amide bonds. The second kappa shape index (κ2) is 10.5. The van der Waals surface area contributed by atoms with E-state index >= 15 is 0 Å². The SMILES string of the molecule is COc1ccc(Nc2ccc3c(O)c(N=Nc4ccc(N=Nc5ccccc5)cc4)ccc3c2)cc1. The van der Waals surface area contributed by atoms with Crippen LogP contribution in [0.2, 0.25) is 0 Å². The lowest BCUT2D eigenvalue weighted by molar-refractivity contribution is 0.415. The van der Waals surface area contributed by atoms with Gasteiger partial charge in [-0.2, -0.15) is 15.3 Å². The molecule has 176 valence electrons. The third-order valence-corrected chi connectivity index (χ3v) is 5.51. The molecular formula is C29H23N5O2. The van der Waals surface area contributed by atoms with Crippen molar-refractivity contribution in [2.24, 2.45) is 20.5 Å². The fourth-order valence-corrected chi connectivity index (χ4v) is 3.61. The van der Waals surface area contributed by atoms with Gasteiger partial charge in [0, 0.05) is 16.8 Å². The first kappa shape index (κ1) is 22.7. The first-order chi connectivity index (χ1) is 17.7. The topological polar surface area (TPSA) is 90.9 Å². The third kappa shape index (κ3) is 5.37. The van der Waals surface area contributed by atoms with E-state index in [4.69, 9.17) is 4.74 Å². The minimum absolute atomic E-state index is 0.0838. The predicted molar refractivity (Wildman–Crippen MR) is 143 cm³/mol. The number of methoxy groups -OCH3 is 1. The van der Waals surface area contributed by atoms with Gasteiger partial charge in [0.25, 0.3) is 0 Å². The molecule has 0 saturated carbocycles. The Morgan fingerprint density at radius 3 is 1.89 bits per heavy atom. The molecule has 5 aromatic rings. The molecule has 0 fully saturated rings. The highest BCUT2D eigenvalue weighted by molar-refractivity contribution is 5.94. The van der Waals surface area contributed by atoms with Crippen molar-refractivity contribution in [1.29, 1.82) is 0 Å². The van der Waals surface area contributed by atoms with Crippen molar-refractivity contribution in [3.05, 3.63) is 109 Å². The highest BCUT2D eigenvalue weighted by Crippen LogP contribution is 2.37. The van der Waals surface area contributed by atoms with Gasteiger partial charge < -0.3 is 15.2 Å². The van der Waals surface area contributed by atoms with Crippen LogP contribution in [-0.4, -0.2) is 12.2 Å². The third-order valence-electron chi connectivity index (χ3n) is 5.51. The molecule has 2 N–H and O–H groups in total. The molecule has 5 aromatic carbocycles. The molecule has 0 aliphatic heterocycles. The van der Waals surface area contributed by atoms with Gasteiger partial charge in [-0.25, -0.2) is 0 Å². The van der Waals surface area contributed by atoms with Gasteiger partial charge in [-0.05, 0) is 90.3 Å². The monoisotopic (exact) mass is 473 g/mol. The molecule has 0 unspecified atom stereocenters. The number of fused-ring (bicyclic) bond motifs is 1. The van der Waals surface area contributed by atoms with Crippen LogP contribution in [0.3, 0.4) is 0 Å². The number of hydrogen-bond donors (Lipinski definition) is 2. The number of hydrogen-bond acceptors (Lipinski definition) is 7. The van der Waals surface area contributed by atoms with E-state index in [0.717, 1.165) is 28.2 Å². The fourth-order valence-electron chi connectivity index (χ4n) is 3.61. The van der Waals surface area contributed by atoms with Gasteiger partial charge in [-0.1, -0.05) is 24.3 Å². The molecule has 0 atom stereocenters. The number of rotatable bonds is 7. The first-order valence-corrected chi connectivity index (χ1v) is 11.3. The molecule has 0 radical (unpaired) electrons. The summed E-state index contributed by atoms with van der Waals surface area (Å²) >= 11 is 0. The summed E-state index contributed by atoms with van der Waals surface area (Å²) in [4.78, 5) is 0. The van der Waals surface area contributed by atoms with Crippen LogP contribution in [0.5, 0.6) is 11.5 Å². The lowest BCUT2D eigenvalue weighted by Crippen LogP contribution is -1.90. The van der Waals surface area contributed by atoms with E-state index in [1.165, 1.54) is 0 Å². The molecule has 0 heterocycles. The summed E-state index contributed by atoms with van der Waals surface area (Å²) in [6.45, 7) is 0. The van der Waals surface area contributed by atoms with E-state index in [-0.39, 0.29) is 5.75 Å². The van der Waals surface area contributed by atoms with Crippen molar-refractivity contribution in [3.63, 3.8) is 0 Å². The number of phenolic OH excluding ortho intramolecular Hbond substituents is 1. The number of nitrogens with one attached hydrogen (secondary N) is 1. The zero-order chi connectivity index (χ0) is 24.7. The number of anilines is 2. The summed E-state index contributed by atoms with van der Waals surface area (Å²) in [6.07, 6.45) is 0. The maximum Gasteiger partial charge on any atom is 0.150 e. The van der Waals surface area contributed by atoms with Crippen molar-refractivity contribution in [3.8, 4) is 11.5 Å². The number of aromatic hydroxyl groups is 1. The van der Waals surface area contributed by atoms with Crippen LogP contribution >= 0.6 is 0 Å². The maximum atomic E-state index is 10.8. The second-order valence-electron chi connectivity index (χ2n) is 7.97. The number of azo groups is 2. The molecule has 7 heteroatoms. The van der Waals surface area contributed by atoms with Gasteiger partial charge in [-0.15, -0.1) is 5.11 Å². The van der Waals surface area contributed by atoms with Crippen LogP contribution in [0.25, 0.3) is 10.8 Å². The Bertz CT molecular complexity index is 1530.